The molecule has 12 aromatic rings. The van der Waals surface area contributed by atoms with Crippen LogP contribution in [0.5, 0.6) is 0 Å². The number of imidazole rings is 1. The van der Waals surface area contributed by atoms with Gasteiger partial charge in [0.2, 0.25) is 0 Å². The number of hydrogen-bond acceptors (Lipinski definition) is 3. The van der Waals surface area contributed by atoms with Crippen molar-refractivity contribution in [1.29, 1.82) is 0 Å². The van der Waals surface area contributed by atoms with Crippen LogP contribution >= 0.6 is 0 Å². The van der Waals surface area contributed by atoms with Gasteiger partial charge in [-0.25, -0.2) is 4.98 Å². The number of nitrogens with zero attached hydrogens (tertiary/aromatic N) is 5. The van der Waals surface area contributed by atoms with E-state index in [2.05, 4.69) is 309 Å². The van der Waals surface area contributed by atoms with Crippen LogP contribution in [0, 0.1) is 0 Å². The number of rotatable bonds is 9. The zero-order valence-corrected chi connectivity index (χ0v) is 52.1. The maximum atomic E-state index is 9.69. The summed E-state index contributed by atoms with van der Waals surface area (Å²) in [7, 11) is 0. The van der Waals surface area contributed by atoms with Gasteiger partial charge < -0.3 is 4.90 Å². The maximum Gasteiger partial charge on any atom is 0.255 e. The Bertz CT molecular complexity index is 4800. The molecule has 0 N–H and O–H groups in total. The third-order valence-corrected chi connectivity index (χ3v) is 17.1. The first-order valence-electron chi connectivity index (χ1n) is 32.8. The molecule has 0 saturated heterocycles. The highest BCUT2D eigenvalue weighted by Crippen LogP contribution is 2.53. The monoisotopic (exact) mass is 1140 g/mol. The summed E-state index contributed by atoms with van der Waals surface area (Å²) >= 11 is 0. The van der Waals surface area contributed by atoms with Gasteiger partial charge in [-0.3, -0.25) is 4.90 Å². The van der Waals surface area contributed by atoms with E-state index in [1.54, 1.807) is 0 Å². The van der Waals surface area contributed by atoms with Crippen LogP contribution in [-0.2, 0) is 21.7 Å². The molecule has 10 aromatic carbocycles. The molecule has 0 aliphatic carbocycles. The van der Waals surface area contributed by atoms with Crippen LogP contribution in [-0.4, -0.2) is 9.55 Å². The summed E-state index contributed by atoms with van der Waals surface area (Å²) in [5.41, 5.74) is 20.7. The van der Waals surface area contributed by atoms with Crippen molar-refractivity contribution in [3.63, 3.8) is 0 Å². The molecule has 87 heavy (non-hydrogen) atoms. The molecule has 3 heterocycles. The molecule has 0 spiro atoms. The molecule has 0 fully saturated rings. The molecule has 0 saturated carbocycles. The lowest BCUT2D eigenvalue weighted by atomic mass is 9.77. The van der Waals surface area contributed by atoms with Crippen LogP contribution in [0.4, 0.5) is 34.3 Å². The summed E-state index contributed by atoms with van der Waals surface area (Å²) in [6.45, 7) is 26.7. The van der Waals surface area contributed by atoms with Crippen molar-refractivity contribution < 1.29 is 11.4 Å². The Morgan fingerprint density at radius 1 is 0.391 bits per heavy atom. The first-order chi connectivity index (χ1) is 43.7. The van der Waals surface area contributed by atoms with Gasteiger partial charge in [0, 0.05) is 45.9 Å². The van der Waals surface area contributed by atoms with Gasteiger partial charge in [-0.15, -0.1) is 0 Å². The maximum absolute atomic E-state index is 9.69. The quantitative estimate of drug-likeness (QED) is 0.135. The zero-order valence-electron chi connectivity index (χ0n) is 57.1. The Hall–Kier alpha value is -9.58. The molecule has 0 atom stereocenters. The first-order valence-corrected chi connectivity index (χ1v) is 30.3. The van der Waals surface area contributed by atoms with E-state index in [1.807, 2.05) is 18.3 Å². The van der Waals surface area contributed by atoms with E-state index >= 15 is 0 Å². The summed E-state index contributed by atoms with van der Waals surface area (Å²) in [4.78, 5) is 9.87. The van der Waals surface area contributed by atoms with Crippen LogP contribution in [0.1, 0.15) is 112 Å². The second kappa shape index (κ2) is 21.7. The first kappa shape index (κ1) is 50.7. The minimum absolute atomic E-state index is 0.132. The van der Waals surface area contributed by atoms with Gasteiger partial charge >= 0.3 is 0 Å². The molecule has 0 unspecified atom stereocenters. The molecule has 1 aliphatic heterocycles. The second-order valence-corrected chi connectivity index (χ2v) is 27.3. The van der Waals surface area contributed by atoms with Crippen LogP contribution in [0.3, 0.4) is 0 Å². The van der Waals surface area contributed by atoms with Crippen molar-refractivity contribution in [2.75, 3.05) is 9.80 Å². The molecular weight excluding hydrogens is 1050 g/mol. The number of aromatic nitrogens is 3. The smallest absolute Gasteiger partial charge is 0.255 e. The fourth-order valence-electron chi connectivity index (χ4n) is 12.3. The van der Waals surface area contributed by atoms with Gasteiger partial charge in [0.15, 0.2) is 11.0 Å². The van der Waals surface area contributed by atoms with E-state index in [0.717, 1.165) is 101 Å². The predicted molar refractivity (Wildman–Crippen MR) is 368 cm³/mol. The van der Waals surface area contributed by atoms with Crippen LogP contribution in [0.15, 0.2) is 255 Å². The van der Waals surface area contributed by atoms with Crippen molar-refractivity contribution in [2.45, 2.75) is 105 Å². The number of benzene rings is 10. The SMILES string of the molecule is [2H]c1c([2H])c([2H])c(-c2cc(C(C)(C)C)cc(-c3cc(C(C)(C)C)cc(C(C)(C)C)c3)c2-[n+]2cn(-c3cc(-c4ccccc4)cc(N(c4ccccc4)c4ccc5c(c4)N(c4cc(C(C)(C)C)ccn4)c4ccccc4-c4ccccc4-5)c3)c3ccccc32)c([2H])c1[2H]. The van der Waals surface area contributed by atoms with Gasteiger partial charge in [0.1, 0.15) is 17.2 Å². The van der Waals surface area contributed by atoms with Gasteiger partial charge in [0.05, 0.1) is 23.9 Å². The number of para-hydroxylation sites is 4. The number of hydrogen-bond donors (Lipinski definition) is 0. The van der Waals surface area contributed by atoms with Crippen molar-refractivity contribution in [2.24, 2.45) is 0 Å². The minimum Gasteiger partial charge on any atom is -0.310 e. The molecule has 5 heteroatoms. The predicted octanol–water partition coefficient (Wildman–Crippen LogP) is 22.1. The molecule has 0 bridgehead atoms. The molecule has 1 aliphatic rings. The van der Waals surface area contributed by atoms with E-state index in [0.29, 0.717) is 11.3 Å². The Kier molecular flexibility index (Phi) is 12.7. The van der Waals surface area contributed by atoms with Crippen molar-refractivity contribution in [3.05, 3.63) is 277 Å². The second-order valence-electron chi connectivity index (χ2n) is 27.3. The fourth-order valence-corrected chi connectivity index (χ4v) is 12.3. The summed E-state index contributed by atoms with van der Waals surface area (Å²) in [5, 5.41) is 0. The third-order valence-electron chi connectivity index (χ3n) is 17.1. The summed E-state index contributed by atoms with van der Waals surface area (Å²) in [6, 6.07) is 74.3. The van der Waals surface area contributed by atoms with Gasteiger partial charge in [-0.05, 0) is 156 Å². The highest BCUT2D eigenvalue weighted by atomic mass is 15.2. The largest absolute Gasteiger partial charge is 0.310 e. The van der Waals surface area contributed by atoms with E-state index < -0.39 is 11.5 Å². The van der Waals surface area contributed by atoms with Gasteiger partial charge in [-0.2, -0.15) is 9.13 Å². The lowest BCUT2D eigenvalue weighted by molar-refractivity contribution is -0.566. The van der Waals surface area contributed by atoms with E-state index in [4.69, 9.17) is 9.10 Å². The average Bonchev–Trinajstić information content (AvgIpc) is 0.998. The lowest BCUT2D eigenvalue weighted by Crippen LogP contribution is -2.31. The Morgan fingerprint density at radius 3 is 1.61 bits per heavy atom. The number of anilines is 6. The number of pyridine rings is 1. The average molecular weight is 1140 g/mol. The van der Waals surface area contributed by atoms with Crippen molar-refractivity contribution in [3.8, 4) is 67.0 Å². The topological polar surface area (TPSA) is 28.2 Å². The third kappa shape index (κ3) is 10.8. The Morgan fingerprint density at radius 2 is 0.954 bits per heavy atom. The summed E-state index contributed by atoms with van der Waals surface area (Å²) < 4.78 is 50.9. The minimum atomic E-state index is -0.435. The van der Waals surface area contributed by atoms with Crippen LogP contribution in [0.2, 0.25) is 0 Å². The molecule has 430 valence electrons. The molecule has 2 aromatic heterocycles. The Balaban J connectivity index is 1.11. The fraction of sp³-hybridized carbons (Fsp3) is 0.195. The molecule has 0 radical (unpaired) electrons. The summed E-state index contributed by atoms with van der Waals surface area (Å²) in [6.07, 6.45) is 4.07. The van der Waals surface area contributed by atoms with E-state index in [-0.39, 0.29) is 46.0 Å². The van der Waals surface area contributed by atoms with E-state index in [9.17, 15) is 2.74 Å². The van der Waals surface area contributed by atoms with Gasteiger partial charge in [0.25, 0.3) is 6.33 Å². The lowest BCUT2D eigenvalue weighted by Gasteiger charge is -2.31. The van der Waals surface area contributed by atoms with Crippen LogP contribution < -0.4 is 14.4 Å². The zero-order chi connectivity index (χ0) is 64.9. The van der Waals surface area contributed by atoms with Crippen LogP contribution in [0.25, 0.3) is 78.0 Å². The number of fused-ring (bicyclic) bond motifs is 6. The standard InChI is InChI=1S/C82H78N5/c1-79(2,3)59-42-43-83-77(51-59)87-73-37-25-24-36-69(73)67-34-22-23-35-68(67)70-41-40-64(53-76(70)87)86(63-32-20-15-21-33-63)66-47-57(55-28-16-13-17-29-55)46-65(52-66)84-54-85(75-39-27-26-38-74(75)84)78-71(56-30-18-14-19-31-56)49-62(82(10,11)12)50-72(78)58-44-60(80(4,5)6)48-61(45-58)81(7,8)9/h13-54H,1-12H3/q+1/i14D,18D,19D,30D,31D. The Labute approximate surface area is 522 Å². The normalized spacial score (nSPS) is 13.4. The van der Waals surface area contributed by atoms with Gasteiger partial charge in [-0.1, -0.05) is 241 Å². The van der Waals surface area contributed by atoms with Crippen molar-refractivity contribution >= 4 is 45.3 Å². The van der Waals surface area contributed by atoms with E-state index in [1.165, 1.54) is 16.7 Å². The van der Waals surface area contributed by atoms with Crippen molar-refractivity contribution in [1.82, 2.24) is 9.55 Å². The molecular formula is C82H78N5+. The highest BCUT2D eigenvalue weighted by Gasteiger charge is 2.33. The molecule has 5 nitrogen and oxygen atoms in total. The molecule has 13 rings (SSSR count). The summed E-state index contributed by atoms with van der Waals surface area (Å²) in [5.74, 6) is 0.825. The highest BCUT2D eigenvalue weighted by molar-refractivity contribution is 6.03. The molecule has 0 amide bonds.